The van der Waals surface area contributed by atoms with Crippen molar-refractivity contribution in [3.8, 4) is 17.3 Å². The number of esters is 1. The van der Waals surface area contributed by atoms with Gasteiger partial charge in [0.1, 0.15) is 5.60 Å². The molecular formula is C23H23N3O4. The van der Waals surface area contributed by atoms with Gasteiger partial charge < -0.3 is 14.5 Å². The molecule has 0 atom stereocenters. The summed E-state index contributed by atoms with van der Waals surface area (Å²) >= 11 is 0. The van der Waals surface area contributed by atoms with Gasteiger partial charge in [-0.15, -0.1) is 0 Å². The molecule has 1 heterocycles. The lowest BCUT2D eigenvalue weighted by molar-refractivity contribution is -0.139. The summed E-state index contributed by atoms with van der Waals surface area (Å²) in [5, 5.41) is 13.0. The number of methoxy groups -OCH3 is 1. The zero-order valence-corrected chi connectivity index (χ0v) is 17.3. The third kappa shape index (κ3) is 4.61. The van der Waals surface area contributed by atoms with Crippen molar-refractivity contribution in [2.24, 2.45) is 0 Å². The van der Waals surface area contributed by atoms with E-state index in [1.165, 1.54) is 7.11 Å². The Labute approximate surface area is 174 Å². The molecule has 154 valence electrons. The molecule has 0 aliphatic heterocycles. The van der Waals surface area contributed by atoms with Gasteiger partial charge in [0.25, 0.3) is 0 Å². The van der Waals surface area contributed by atoms with Crippen LogP contribution < -0.4 is 5.32 Å². The number of hydrogen-bond acceptors (Lipinski definition) is 5. The van der Waals surface area contributed by atoms with E-state index < -0.39 is 11.7 Å². The second-order valence-corrected chi connectivity index (χ2v) is 7.78. The van der Waals surface area contributed by atoms with Gasteiger partial charge in [-0.2, -0.15) is 5.26 Å². The van der Waals surface area contributed by atoms with Gasteiger partial charge in [-0.05, 0) is 50.6 Å². The summed E-state index contributed by atoms with van der Waals surface area (Å²) in [5.41, 5.74) is 2.98. The first-order chi connectivity index (χ1) is 14.2. The van der Waals surface area contributed by atoms with E-state index in [-0.39, 0.29) is 12.4 Å². The molecule has 0 spiro atoms. The summed E-state index contributed by atoms with van der Waals surface area (Å²) in [6.45, 7) is 5.33. The molecule has 3 aromatic rings. The number of amides is 1. The maximum Gasteiger partial charge on any atom is 0.412 e. The minimum Gasteiger partial charge on any atom is -0.469 e. The number of para-hydroxylation sites is 1. The van der Waals surface area contributed by atoms with Crippen LogP contribution >= 0.6 is 0 Å². The maximum absolute atomic E-state index is 12.4. The molecule has 0 aliphatic rings. The Morgan fingerprint density at radius 2 is 1.90 bits per heavy atom. The molecule has 7 nitrogen and oxygen atoms in total. The van der Waals surface area contributed by atoms with Gasteiger partial charge in [-0.25, -0.2) is 4.79 Å². The van der Waals surface area contributed by atoms with Crippen LogP contribution in [0.1, 0.15) is 31.9 Å². The van der Waals surface area contributed by atoms with Crippen LogP contribution in [-0.2, 0) is 20.7 Å². The summed E-state index contributed by atoms with van der Waals surface area (Å²) in [6.07, 6.45) is -0.572. The molecule has 0 radical (unpaired) electrons. The molecule has 2 N–H and O–H groups in total. The zero-order valence-electron chi connectivity index (χ0n) is 17.3. The van der Waals surface area contributed by atoms with Crippen molar-refractivity contribution < 1.29 is 19.1 Å². The Balaban J connectivity index is 2.15. The van der Waals surface area contributed by atoms with E-state index in [4.69, 9.17) is 9.47 Å². The number of nitriles is 1. The second-order valence-electron chi connectivity index (χ2n) is 7.78. The molecular weight excluding hydrogens is 382 g/mol. The minimum atomic E-state index is -0.659. The van der Waals surface area contributed by atoms with Crippen molar-refractivity contribution in [2.75, 3.05) is 12.4 Å². The van der Waals surface area contributed by atoms with Crippen molar-refractivity contribution in [3.63, 3.8) is 0 Å². The molecule has 0 saturated carbocycles. The number of H-pyrrole nitrogens is 1. The molecule has 0 unspecified atom stereocenters. The fourth-order valence-electron chi connectivity index (χ4n) is 3.17. The van der Waals surface area contributed by atoms with Crippen molar-refractivity contribution in [1.29, 1.82) is 5.26 Å². The van der Waals surface area contributed by atoms with Gasteiger partial charge in [-0.3, -0.25) is 10.1 Å². The van der Waals surface area contributed by atoms with Gasteiger partial charge in [0.15, 0.2) is 0 Å². The summed E-state index contributed by atoms with van der Waals surface area (Å²) < 4.78 is 10.2. The number of nitrogens with zero attached hydrogens (tertiary/aromatic N) is 1. The number of aromatic nitrogens is 1. The molecule has 0 saturated heterocycles. The number of rotatable bonds is 4. The zero-order chi connectivity index (χ0) is 21.9. The monoisotopic (exact) mass is 405 g/mol. The predicted octanol–water partition coefficient (Wildman–Crippen LogP) is 4.77. The Morgan fingerprint density at radius 1 is 1.17 bits per heavy atom. The average Bonchev–Trinajstić information content (AvgIpc) is 3.05. The smallest absolute Gasteiger partial charge is 0.412 e. The summed E-state index contributed by atoms with van der Waals surface area (Å²) in [5.74, 6) is -0.390. The normalized spacial score (nSPS) is 11.0. The number of carbonyl (C=O) groups is 2. The van der Waals surface area contributed by atoms with Gasteiger partial charge in [0, 0.05) is 16.5 Å². The molecule has 1 amide bonds. The Hall–Kier alpha value is -3.79. The van der Waals surface area contributed by atoms with Crippen LogP contribution in [0.25, 0.3) is 22.2 Å². The fraction of sp³-hybridized carbons (Fsp3) is 0.261. The lowest BCUT2D eigenvalue weighted by Gasteiger charge is -2.20. The van der Waals surface area contributed by atoms with Crippen molar-refractivity contribution in [3.05, 3.63) is 53.6 Å². The molecule has 30 heavy (non-hydrogen) atoms. The SMILES string of the molecule is COC(=O)Cc1c(-c2cc(C#N)ccc2NC(=O)OC(C)(C)C)[nH]c2ccccc12. The van der Waals surface area contributed by atoms with E-state index >= 15 is 0 Å². The average molecular weight is 405 g/mol. The van der Waals surface area contributed by atoms with E-state index in [1.807, 2.05) is 24.3 Å². The fourth-order valence-corrected chi connectivity index (χ4v) is 3.17. The van der Waals surface area contributed by atoms with E-state index in [2.05, 4.69) is 16.4 Å². The quantitative estimate of drug-likeness (QED) is 0.609. The molecule has 0 bridgehead atoms. The van der Waals surface area contributed by atoms with Gasteiger partial charge in [0.05, 0.1) is 36.5 Å². The minimum absolute atomic E-state index is 0.0402. The van der Waals surface area contributed by atoms with Crippen LogP contribution in [-0.4, -0.2) is 29.8 Å². The Morgan fingerprint density at radius 3 is 2.57 bits per heavy atom. The number of ether oxygens (including phenoxy) is 2. The van der Waals surface area contributed by atoms with Gasteiger partial charge in [-0.1, -0.05) is 18.2 Å². The van der Waals surface area contributed by atoms with E-state index in [0.717, 1.165) is 16.5 Å². The van der Waals surface area contributed by atoms with Crippen LogP contribution in [0.3, 0.4) is 0 Å². The lowest BCUT2D eigenvalue weighted by atomic mass is 9.99. The highest BCUT2D eigenvalue weighted by atomic mass is 16.6. The highest BCUT2D eigenvalue weighted by Gasteiger charge is 2.22. The van der Waals surface area contributed by atoms with Gasteiger partial charge in [0.2, 0.25) is 0 Å². The van der Waals surface area contributed by atoms with Gasteiger partial charge >= 0.3 is 12.1 Å². The van der Waals surface area contributed by atoms with E-state index in [1.54, 1.807) is 39.0 Å². The molecule has 0 fully saturated rings. The Bertz CT molecular complexity index is 1150. The van der Waals surface area contributed by atoms with Crippen molar-refractivity contribution >= 4 is 28.7 Å². The standard InChI is InChI=1S/C23H23N3O4/c1-23(2,3)30-22(28)26-19-10-9-14(13-24)11-17(19)21-16(12-20(27)29-4)15-7-5-6-8-18(15)25-21/h5-11,25H,12H2,1-4H3,(H,26,28). The highest BCUT2D eigenvalue weighted by Crippen LogP contribution is 2.36. The third-order valence-electron chi connectivity index (χ3n) is 4.42. The molecule has 0 aliphatic carbocycles. The molecule has 2 aromatic carbocycles. The summed E-state index contributed by atoms with van der Waals surface area (Å²) in [7, 11) is 1.34. The predicted molar refractivity (Wildman–Crippen MR) is 114 cm³/mol. The lowest BCUT2D eigenvalue weighted by Crippen LogP contribution is -2.27. The van der Waals surface area contributed by atoms with E-state index in [0.29, 0.717) is 22.5 Å². The number of nitrogens with one attached hydrogen (secondary N) is 2. The van der Waals surface area contributed by atoms with Crippen LogP contribution in [0.4, 0.5) is 10.5 Å². The largest absolute Gasteiger partial charge is 0.469 e. The van der Waals surface area contributed by atoms with Crippen LogP contribution in [0.2, 0.25) is 0 Å². The summed E-state index contributed by atoms with van der Waals surface area (Å²) in [6, 6.07) is 14.6. The first-order valence-electron chi connectivity index (χ1n) is 9.42. The number of fused-ring (bicyclic) bond motifs is 1. The van der Waals surface area contributed by atoms with Crippen LogP contribution in [0.5, 0.6) is 0 Å². The molecule has 7 heteroatoms. The topological polar surface area (TPSA) is 104 Å². The maximum atomic E-state index is 12.4. The number of benzene rings is 2. The number of anilines is 1. The van der Waals surface area contributed by atoms with E-state index in [9.17, 15) is 14.9 Å². The van der Waals surface area contributed by atoms with Crippen molar-refractivity contribution in [1.82, 2.24) is 4.98 Å². The third-order valence-corrected chi connectivity index (χ3v) is 4.42. The first-order valence-corrected chi connectivity index (χ1v) is 9.42. The molecule has 1 aromatic heterocycles. The van der Waals surface area contributed by atoms with Crippen LogP contribution in [0.15, 0.2) is 42.5 Å². The number of hydrogen-bond donors (Lipinski definition) is 2. The summed E-state index contributed by atoms with van der Waals surface area (Å²) in [4.78, 5) is 27.7. The second kappa shape index (κ2) is 8.29. The number of aromatic amines is 1. The molecule has 3 rings (SSSR count). The Kier molecular flexibility index (Phi) is 5.79. The van der Waals surface area contributed by atoms with Crippen LogP contribution in [0, 0.1) is 11.3 Å². The first kappa shape index (κ1) is 20.9. The number of carbonyl (C=O) groups excluding carboxylic acids is 2. The highest BCUT2D eigenvalue weighted by molar-refractivity contribution is 5.98. The van der Waals surface area contributed by atoms with Crippen molar-refractivity contribution in [2.45, 2.75) is 32.8 Å².